The van der Waals surface area contributed by atoms with Crippen LogP contribution in [0.15, 0.2) is 97.2 Å². The molecule has 15 heteroatoms. The number of esters is 2. The molecule has 0 bridgehead atoms. The van der Waals surface area contributed by atoms with Gasteiger partial charge < -0.3 is 29.3 Å². The standard InChI is InChI=1S/C46H76O13P2/c1-3-5-7-9-11-13-15-17-19-21-23-25-27-29-31-33-35-37-45(48)55-41-44(42-58-61(53,54)57-40-43(47)39-56-60(50,51)52)59-46(49)38-36-34-32-30-28-26-24-22-20-18-16-14-12-10-8-6-4-2/h5-8,11-14,17-20,23-26,43-44,47H,3-4,9-10,15-16,21-22,27-42H2,1-2H3,(H,53,54)(H2,50,51,52)/b7-5-,8-6-,13-11-,14-12-,19-17-,20-18-,25-23-,26-24-/t43-,44+/m0/s1. The molecule has 1 unspecified atom stereocenters. The van der Waals surface area contributed by atoms with Crippen molar-refractivity contribution in [2.75, 3.05) is 26.4 Å². The van der Waals surface area contributed by atoms with Gasteiger partial charge in [-0.1, -0.05) is 137 Å². The second kappa shape index (κ2) is 41.1. The second-order valence-electron chi connectivity index (χ2n) is 14.2. The second-order valence-corrected chi connectivity index (χ2v) is 16.9. The summed E-state index contributed by atoms with van der Waals surface area (Å²) < 4.78 is 47.8. The number of phosphoric acid groups is 2. The molecule has 0 aliphatic carbocycles. The van der Waals surface area contributed by atoms with Gasteiger partial charge in [-0.05, 0) is 89.9 Å². The first-order chi connectivity index (χ1) is 29.4. The highest BCUT2D eigenvalue weighted by Gasteiger charge is 2.28. The van der Waals surface area contributed by atoms with Crippen molar-refractivity contribution in [1.29, 1.82) is 0 Å². The Morgan fingerprint density at radius 1 is 0.475 bits per heavy atom. The Bertz CT molecular complexity index is 1440. The Hall–Kier alpha value is -2.96. The molecule has 348 valence electrons. The average Bonchev–Trinajstić information content (AvgIpc) is 3.22. The lowest BCUT2D eigenvalue weighted by atomic mass is 10.1. The van der Waals surface area contributed by atoms with Crippen molar-refractivity contribution in [1.82, 2.24) is 0 Å². The van der Waals surface area contributed by atoms with Gasteiger partial charge in [0.2, 0.25) is 0 Å². The number of hydrogen-bond acceptors (Lipinski definition) is 10. The molecule has 4 N–H and O–H groups in total. The summed E-state index contributed by atoms with van der Waals surface area (Å²) in [7, 11) is -9.70. The summed E-state index contributed by atoms with van der Waals surface area (Å²) in [6.45, 7) is 1.46. The molecule has 0 aromatic heterocycles. The molecular weight excluding hydrogens is 822 g/mol. The fourth-order valence-corrected chi connectivity index (χ4v) is 6.37. The van der Waals surface area contributed by atoms with Gasteiger partial charge in [-0.2, -0.15) is 0 Å². The zero-order valence-electron chi connectivity index (χ0n) is 36.7. The van der Waals surface area contributed by atoms with Gasteiger partial charge in [-0.3, -0.25) is 23.2 Å². The summed E-state index contributed by atoms with van der Waals surface area (Å²) in [6, 6.07) is 0. The largest absolute Gasteiger partial charge is 0.472 e. The van der Waals surface area contributed by atoms with E-state index in [1.165, 1.54) is 0 Å². The minimum Gasteiger partial charge on any atom is -0.462 e. The van der Waals surface area contributed by atoms with E-state index in [4.69, 9.17) is 23.8 Å². The number of carbonyl (C=O) groups excluding carboxylic acids is 2. The third-order valence-electron chi connectivity index (χ3n) is 8.46. The maximum Gasteiger partial charge on any atom is 0.472 e. The highest BCUT2D eigenvalue weighted by atomic mass is 31.2. The Morgan fingerprint density at radius 3 is 1.30 bits per heavy atom. The number of phosphoric ester groups is 2. The van der Waals surface area contributed by atoms with Gasteiger partial charge >= 0.3 is 27.6 Å². The number of hydrogen-bond donors (Lipinski definition) is 4. The molecular formula is C46H76O13P2. The van der Waals surface area contributed by atoms with Gasteiger partial charge in [0.1, 0.15) is 12.7 Å². The van der Waals surface area contributed by atoms with E-state index in [9.17, 15) is 28.7 Å². The normalized spacial score (nSPS) is 14.9. The summed E-state index contributed by atoms with van der Waals surface area (Å²) >= 11 is 0. The van der Waals surface area contributed by atoms with Crippen LogP contribution in [0, 0.1) is 0 Å². The lowest BCUT2D eigenvalue weighted by molar-refractivity contribution is -0.161. The molecule has 61 heavy (non-hydrogen) atoms. The van der Waals surface area contributed by atoms with Crippen LogP contribution in [0.25, 0.3) is 0 Å². The fourth-order valence-electron chi connectivity index (χ4n) is 5.21. The summed E-state index contributed by atoms with van der Waals surface area (Å²) in [5, 5.41) is 9.75. The smallest absolute Gasteiger partial charge is 0.462 e. The molecule has 3 atom stereocenters. The predicted octanol–water partition coefficient (Wildman–Crippen LogP) is 11.3. The van der Waals surface area contributed by atoms with Gasteiger partial charge in [0, 0.05) is 12.8 Å². The molecule has 0 saturated heterocycles. The van der Waals surface area contributed by atoms with Crippen LogP contribution >= 0.6 is 15.6 Å². The van der Waals surface area contributed by atoms with E-state index in [0.717, 1.165) is 103 Å². The Balaban J connectivity index is 4.62. The zero-order chi connectivity index (χ0) is 45.1. The van der Waals surface area contributed by atoms with Crippen LogP contribution in [0.5, 0.6) is 0 Å². The van der Waals surface area contributed by atoms with E-state index in [1.807, 2.05) is 0 Å². The monoisotopic (exact) mass is 898 g/mol. The van der Waals surface area contributed by atoms with E-state index < -0.39 is 66.2 Å². The fraction of sp³-hybridized carbons (Fsp3) is 0.609. The van der Waals surface area contributed by atoms with Crippen LogP contribution in [-0.2, 0) is 41.8 Å². The Labute approximate surface area is 366 Å². The van der Waals surface area contributed by atoms with Crippen LogP contribution in [-0.4, -0.2) is 70.4 Å². The van der Waals surface area contributed by atoms with Gasteiger partial charge in [-0.25, -0.2) is 9.13 Å². The van der Waals surface area contributed by atoms with Crippen molar-refractivity contribution in [3.05, 3.63) is 97.2 Å². The molecule has 0 saturated carbocycles. The first-order valence-corrected chi connectivity index (χ1v) is 25.0. The molecule has 0 aliphatic heterocycles. The third-order valence-corrected chi connectivity index (χ3v) is 9.89. The Kier molecular flexibility index (Phi) is 39.1. The van der Waals surface area contributed by atoms with Gasteiger partial charge in [0.25, 0.3) is 0 Å². The van der Waals surface area contributed by atoms with Crippen molar-refractivity contribution >= 4 is 27.6 Å². The molecule has 0 aromatic rings. The van der Waals surface area contributed by atoms with Gasteiger partial charge in [0.15, 0.2) is 6.10 Å². The van der Waals surface area contributed by atoms with E-state index >= 15 is 0 Å². The first kappa shape index (κ1) is 58.0. The highest BCUT2D eigenvalue weighted by molar-refractivity contribution is 7.47. The SMILES string of the molecule is CC/C=C\C/C=C\C/C=C\C/C=C\CCCCCCC(=O)OC[C@H](COP(=O)(O)OC[C@@H](O)COP(=O)(O)O)OC(=O)CCCCCC/C=C\C/C=C\C/C=C\C/C=C\CC. The maximum absolute atomic E-state index is 12.7. The molecule has 13 nitrogen and oxygen atoms in total. The topological polar surface area (TPSA) is 195 Å². The van der Waals surface area contributed by atoms with E-state index in [1.54, 1.807) is 0 Å². The van der Waals surface area contributed by atoms with E-state index in [2.05, 4.69) is 120 Å². The van der Waals surface area contributed by atoms with Crippen molar-refractivity contribution < 1.29 is 61.6 Å². The lowest BCUT2D eigenvalue weighted by Crippen LogP contribution is -2.30. The minimum absolute atomic E-state index is 0.0916. The number of aliphatic hydroxyl groups excluding tert-OH is 1. The minimum atomic E-state index is -4.87. The summed E-state index contributed by atoms with van der Waals surface area (Å²) in [5.41, 5.74) is 0. The summed E-state index contributed by atoms with van der Waals surface area (Å²) in [6.07, 6.45) is 48.2. The number of ether oxygens (including phenoxy) is 2. The van der Waals surface area contributed by atoms with E-state index in [-0.39, 0.29) is 12.8 Å². The molecule has 0 amide bonds. The van der Waals surface area contributed by atoms with Gasteiger partial charge in [-0.15, -0.1) is 0 Å². The highest BCUT2D eigenvalue weighted by Crippen LogP contribution is 2.43. The molecule has 0 spiro atoms. The predicted molar refractivity (Wildman–Crippen MR) is 243 cm³/mol. The molecule has 0 aliphatic rings. The number of aliphatic hydroxyl groups is 1. The quantitative estimate of drug-likeness (QED) is 0.0196. The van der Waals surface area contributed by atoms with Crippen molar-refractivity contribution in [3.8, 4) is 0 Å². The van der Waals surface area contributed by atoms with Crippen LogP contribution < -0.4 is 0 Å². The van der Waals surface area contributed by atoms with Crippen molar-refractivity contribution in [2.45, 2.75) is 154 Å². The number of carbonyl (C=O) groups is 2. The summed E-state index contributed by atoms with van der Waals surface area (Å²) in [5.74, 6) is -1.10. The van der Waals surface area contributed by atoms with Gasteiger partial charge in [0.05, 0.1) is 19.8 Å². The molecule has 0 heterocycles. The number of rotatable bonds is 40. The van der Waals surface area contributed by atoms with Crippen molar-refractivity contribution in [2.24, 2.45) is 0 Å². The first-order valence-electron chi connectivity index (χ1n) is 21.9. The number of allylic oxidation sites excluding steroid dienone is 16. The maximum atomic E-state index is 12.7. The molecule has 0 rings (SSSR count). The molecule has 0 fully saturated rings. The van der Waals surface area contributed by atoms with E-state index in [0.29, 0.717) is 12.8 Å². The Morgan fingerprint density at radius 2 is 0.852 bits per heavy atom. The van der Waals surface area contributed by atoms with Crippen LogP contribution in [0.1, 0.15) is 142 Å². The third kappa shape index (κ3) is 44.9. The summed E-state index contributed by atoms with van der Waals surface area (Å²) in [4.78, 5) is 52.7. The van der Waals surface area contributed by atoms with Crippen LogP contribution in [0.4, 0.5) is 0 Å². The van der Waals surface area contributed by atoms with Crippen molar-refractivity contribution in [3.63, 3.8) is 0 Å². The molecule has 0 radical (unpaired) electrons. The van der Waals surface area contributed by atoms with Crippen LogP contribution in [0.3, 0.4) is 0 Å². The zero-order valence-corrected chi connectivity index (χ0v) is 38.5. The number of unbranched alkanes of at least 4 members (excludes halogenated alkanes) is 8. The average molecular weight is 899 g/mol. The molecule has 0 aromatic carbocycles. The van der Waals surface area contributed by atoms with Crippen LogP contribution in [0.2, 0.25) is 0 Å². The lowest BCUT2D eigenvalue weighted by Gasteiger charge is -2.20.